The summed E-state index contributed by atoms with van der Waals surface area (Å²) in [7, 11) is 0. The highest BCUT2D eigenvalue weighted by atomic mass is 32.1. The first-order valence-electron chi connectivity index (χ1n) is 9.82. The monoisotopic (exact) mass is 396 g/mol. The van der Waals surface area contributed by atoms with E-state index < -0.39 is 0 Å². The van der Waals surface area contributed by atoms with E-state index in [2.05, 4.69) is 11.9 Å². The van der Waals surface area contributed by atoms with E-state index in [1.807, 2.05) is 19.1 Å². The molecule has 0 amide bonds. The lowest BCUT2D eigenvalue weighted by Crippen LogP contribution is -2.22. The number of benzene rings is 1. The lowest BCUT2D eigenvalue weighted by Gasteiger charge is -2.17. The van der Waals surface area contributed by atoms with Crippen molar-refractivity contribution in [2.24, 2.45) is 5.92 Å². The first-order valence-corrected chi connectivity index (χ1v) is 10.6. The van der Waals surface area contributed by atoms with Crippen LogP contribution in [0.2, 0.25) is 0 Å². The van der Waals surface area contributed by atoms with Crippen molar-refractivity contribution in [2.45, 2.75) is 46.1 Å². The molecule has 0 spiro atoms. The summed E-state index contributed by atoms with van der Waals surface area (Å²) in [5.74, 6) is 0.359. The summed E-state index contributed by atoms with van der Waals surface area (Å²) in [6.45, 7) is 5.09. The van der Waals surface area contributed by atoms with Crippen LogP contribution < -0.4 is 5.56 Å². The quantitative estimate of drug-likeness (QED) is 0.607. The van der Waals surface area contributed by atoms with Crippen molar-refractivity contribution in [3.8, 4) is 0 Å². The highest BCUT2D eigenvalue weighted by Gasteiger charge is 2.23. The molecule has 146 valence electrons. The summed E-state index contributed by atoms with van der Waals surface area (Å²) in [5.41, 5.74) is 2.72. The number of aryl methyl sites for hydroxylation is 1. The molecule has 1 aliphatic carbocycles. The first-order chi connectivity index (χ1) is 13.6. The molecule has 1 atom stereocenters. The third-order valence-electron chi connectivity index (χ3n) is 5.26. The van der Waals surface area contributed by atoms with Crippen LogP contribution in [0.3, 0.4) is 0 Å². The molecule has 5 nitrogen and oxygen atoms in total. The van der Waals surface area contributed by atoms with Gasteiger partial charge in [-0.05, 0) is 54.9 Å². The Labute approximate surface area is 168 Å². The maximum atomic E-state index is 13.1. The average molecular weight is 397 g/mol. The number of thiophene rings is 1. The minimum atomic E-state index is -0.312. The fourth-order valence-electron chi connectivity index (χ4n) is 3.70. The van der Waals surface area contributed by atoms with Gasteiger partial charge in [0.15, 0.2) is 0 Å². The number of nitrogens with zero attached hydrogens (tertiary/aromatic N) is 2. The van der Waals surface area contributed by atoms with E-state index in [4.69, 9.17) is 4.74 Å². The lowest BCUT2D eigenvalue weighted by molar-refractivity contribution is 0.0505. The molecule has 0 saturated carbocycles. The number of carbonyl (C=O) groups excluding carboxylic acids is 1. The topological polar surface area (TPSA) is 61.2 Å². The summed E-state index contributed by atoms with van der Waals surface area (Å²) < 4.78 is 6.82. The molecular weight excluding hydrogens is 372 g/mol. The summed E-state index contributed by atoms with van der Waals surface area (Å²) in [6.07, 6.45) is 5.58. The zero-order valence-electron chi connectivity index (χ0n) is 16.2. The zero-order chi connectivity index (χ0) is 19.7. The standard InChI is InChI=1S/C22H24N2O3S/c1-3-10-27-22(26)16-7-5-15(6-8-16)12-24-13-23-20-19(21(24)25)17-9-4-14(2)11-18(17)28-20/h5-8,13-14H,3-4,9-12H2,1-2H3/t14-/m0/s1. The summed E-state index contributed by atoms with van der Waals surface area (Å²) >= 11 is 1.67. The van der Waals surface area contributed by atoms with Gasteiger partial charge < -0.3 is 4.74 Å². The third kappa shape index (κ3) is 3.61. The Hall–Kier alpha value is -2.47. The molecule has 0 fully saturated rings. The SMILES string of the molecule is CCCOC(=O)c1ccc(Cn2cnc3sc4c(c3c2=O)CC[C@H](C)C4)cc1. The molecular formula is C22H24N2O3S. The van der Waals surface area contributed by atoms with Crippen molar-refractivity contribution < 1.29 is 9.53 Å². The summed E-state index contributed by atoms with van der Waals surface area (Å²) in [6, 6.07) is 7.23. The largest absolute Gasteiger partial charge is 0.462 e. The van der Waals surface area contributed by atoms with E-state index in [9.17, 15) is 9.59 Å². The molecule has 4 rings (SSSR count). The van der Waals surface area contributed by atoms with Gasteiger partial charge in [0.25, 0.3) is 5.56 Å². The minimum absolute atomic E-state index is 0.0310. The van der Waals surface area contributed by atoms with Crippen LogP contribution in [0.5, 0.6) is 0 Å². The smallest absolute Gasteiger partial charge is 0.338 e. The van der Waals surface area contributed by atoms with Crippen LogP contribution in [-0.2, 0) is 24.1 Å². The lowest BCUT2D eigenvalue weighted by atomic mass is 9.89. The van der Waals surface area contributed by atoms with Crippen LogP contribution in [0.1, 0.15) is 53.1 Å². The van der Waals surface area contributed by atoms with Crippen molar-refractivity contribution in [2.75, 3.05) is 6.61 Å². The van der Waals surface area contributed by atoms with Gasteiger partial charge in [-0.15, -0.1) is 11.3 Å². The predicted octanol–water partition coefficient (Wildman–Crippen LogP) is 4.20. The second-order valence-electron chi connectivity index (χ2n) is 7.54. The van der Waals surface area contributed by atoms with Gasteiger partial charge in [-0.1, -0.05) is 26.0 Å². The molecule has 1 aliphatic rings. The van der Waals surface area contributed by atoms with Crippen LogP contribution in [0, 0.1) is 5.92 Å². The van der Waals surface area contributed by atoms with E-state index in [0.29, 0.717) is 24.6 Å². The van der Waals surface area contributed by atoms with Crippen LogP contribution in [0.4, 0.5) is 0 Å². The van der Waals surface area contributed by atoms with Crippen molar-refractivity contribution in [1.29, 1.82) is 0 Å². The van der Waals surface area contributed by atoms with Crippen LogP contribution in [0.15, 0.2) is 35.4 Å². The van der Waals surface area contributed by atoms with Gasteiger partial charge in [-0.3, -0.25) is 9.36 Å². The molecule has 0 saturated heterocycles. The van der Waals surface area contributed by atoms with Gasteiger partial charge >= 0.3 is 5.97 Å². The van der Waals surface area contributed by atoms with Gasteiger partial charge in [-0.25, -0.2) is 9.78 Å². The Morgan fingerprint density at radius 2 is 2.11 bits per heavy atom. The molecule has 0 bridgehead atoms. The Bertz CT molecular complexity index is 1070. The number of aromatic nitrogens is 2. The fraction of sp³-hybridized carbons (Fsp3) is 0.409. The predicted molar refractivity (Wildman–Crippen MR) is 111 cm³/mol. The molecule has 28 heavy (non-hydrogen) atoms. The number of ether oxygens (including phenoxy) is 1. The van der Waals surface area contributed by atoms with E-state index in [0.717, 1.165) is 41.5 Å². The van der Waals surface area contributed by atoms with Gasteiger partial charge in [0.1, 0.15) is 4.83 Å². The Kier molecular flexibility index (Phi) is 5.31. The molecule has 0 unspecified atom stereocenters. The Morgan fingerprint density at radius 3 is 2.86 bits per heavy atom. The van der Waals surface area contributed by atoms with Crippen molar-refractivity contribution >= 4 is 27.5 Å². The molecule has 0 N–H and O–H groups in total. The summed E-state index contributed by atoms with van der Waals surface area (Å²) in [4.78, 5) is 31.7. The third-order valence-corrected chi connectivity index (χ3v) is 6.42. The number of hydrogen-bond donors (Lipinski definition) is 0. The number of esters is 1. The molecule has 2 heterocycles. The Morgan fingerprint density at radius 1 is 1.32 bits per heavy atom. The highest BCUT2D eigenvalue weighted by Crippen LogP contribution is 2.35. The number of fused-ring (bicyclic) bond motifs is 3. The van der Waals surface area contributed by atoms with E-state index in [1.165, 1.54) is 10.4 Å². The molecule has 0 aliphatic heterocycles. The number of carbonyl (C=O) groups is 1. The van der Waals surface area contributed by atoms with E-state index >= 15 is 0 Å². The zero-order valence-corrected chi connectivity index (χ0v) is 17.1. The molecule has 3 aromatic rings. The van der Waals surface area contributed by atoms with Crippen LogP contribution in [-0.4, -0.2) is 22.1 Å². The van der Waals surface area contributed by atoms with E-state index in [-0.39, 0.29) is 11.5 Å². The second kappa shape index (κ2) is 7.87. The van der Waals surface area contributed by atoms with E-state index in [1.54, 1.807) is 34.4 Å². The normalized spacial score (nSPS) is 16.1. The highest BCUT2D eigenvalue weighted by molar-refractivity contribution is 7.18. The van der Waals surface area contributed by atoms with Crippen molar-refractivity contribution in [3.05, 3.63) is 62.5 Å². The first kappa shape index (κ1) is 18.9. The van der Waals surface area contributed by atoms with Gasteiger partial charge in [0.2, 0.25) is 0 Å². The Balaban J connectivity index is 1.59. The second-order valence-corrected chi connectivity index (χ2v) is 8.63. The maximum absolute atomic E-state index is 13.1. The van der Waals surface area contributed by atoms with Crippen LogP contribution in [0.25, 0.3) is 10.2 Å². The van der Waals surface area contributed by atoms with Gasteiger partial charge in [-0.2, -0.15) is 0 Å². The molecule has 1 aromatic carbocycles. The average Bonchev–Trinajstić information content (AvgIpc) is 3.07. The number of hydrogen-bond acceptors (Lipinski definition) is 5. The number of rotatable bonds is 5. The van der Waals surface area contributed by atoms with Crippen LogP contribution >= 0.6 is 11.3 Å². The van der Waals surface area contributed by atoms with Crippen molar-refractivity contribution in [3.63, 3.8) is 0 Å². The van der Waals surface area contributed by atoms with Gasteiger partial charge in [0.05, 0.1) is 30.4 Å². The molecule has 6 heteroatoms. The fourth-order valence-corrected chi connectivity index (χ4v) is 5.04. The minimum Gasteiger partial charge on any atom is -0.462 e. The molecule has 0 radical (unpaired) electrons. The summed E-state index contributed by atoms with van der Waals surface area (Å²) in [5, 5.41) is 0.800. The van der Waals surface area contributed by atoms with Crippen molar-refractivity contribution in [1.82, 2.24) is 9.55 Å². The maximum Gasteiger partial charge on any atom is 0.338 e. The van der Waals surface area contributed by atoms with Gasteiger partial charge in [0, 0.05) is 4.88 Å². The molecule has 2 aromatic heterocycles.